The molecule has 0 atom stereocenters. The van der Waals surface area contributed by atoms with Gasteiger partial charge in [-0.05, 0) is 57.2 Å². The Morgan fingerprint density at radius 1 is 0.595 bits per heavy atom. The molecule has 0 saturated heterocycles. The SMILES string of the molecule is CC(C)c1cc(C(C)C)c(-c2ccccc2OP(C(C)(C)C)C(C)(C)C)c(C(C)C)c1-c1ccccc1. The van der Waals surface area contributed by atoms with Crippen molar-refractivity contribution in [3.63, 3.8) is 0 Å². The van der Waals surface area contributed by atoms with Gasteiger partial charge in [0.2, 0.25) is 0 Å². The fraction of sp³-hybridized carbons (Fsp3) is 0.486. The number of hydrogen-bond donors (Lipinski definition) is 0. The van der Waals surface area contributed by atoms with Crippen molar-refractivity contribution >= 4 is 8.15 Å². The highest BCUT2D eigenvalue weighted by Crippen LogP contribution is 2.61. The molecule has 0 amide bonds. The Morgan fingerprint density at radius 3 is 1.57 bits per heavy atom. The van der Waals surface area contributed by atoms with Crippen LogP contribution in [0.25, 0.3) is 22.3 Å². The van der Waals surface area contributed by atoms with Gasteiger partial charge in [0.15, 0.2) is 0 Å². The summed E-state index contributed by atoms with van der Waals surface area (Å²) in [5.74, 6) is 2.20. The third-order valence-electron chi connectivity index (χ3n) is 6.88. The molecular weight excluding hydrogens is 467 g/mol. The van der Waals surface area contributed by atoms with Crippen molar-refractivity contribution in [2.75, 3.05) is 0 Å². The molecule has 0 spiro atoms. The lowest BCUT2D eigenvalue weighted by Crippen LogP contribution is -2.27. The van der Waals surface area contributed by atoms with Gasteiger partial charge in [0, 0.05) is 15.9 Å². The van der Waals surface area contributed by atoms with E-state index in [1.165, 1.54) is 38.9 Å². The van der Waals surface area contributed by atoms with Crippen molar-refractivity contribution < 1.29 is 4.52 Å². The van der Waals surface area contributed by atoms with E-state index in [4.69, 9.17) is 4.52 Å². The predicted octanol–water partition coefficient (Wildman–Crippen LogP) is 11.8. The van der Waals surface area contributed by atoms with Crippen LogP contribution in [-0.2, 0) is 0 Å². The van der Waals surface area contributed by atoms with Crippen LogP contribution >= 0.6 is 8.15 Å². The van der Waals surface area contributed by atoms with Crippen molar-refractivity contribution in [1.82, 2.24) is 0 Å². The summed E-state index contributed by atoms with van der Waals surface area (Å²) in [5, 5.41) is 0.137. The third kappa shape index (κ3) is 6.49. The second-order valence-electron chi connectivity index (χ2n) is 13.3. The van der Waals surface area contributed by atoms with Crippen LogP contribution in [0.4, 0.5) is 0 Å². The predicted molar refractivity (Wildman–Crippen MR) is 167 cm³/mol. The van der Waals surface area contributed by atoms with Gasteiger partial charge in [0.25, 0.3) is 0 Å². The van der Waals surface area contributed by atoms with Crippen LogP contribution in [0, 0.1) is 0 Å². The van der Waals surface area contributed by atoms with Crippen molar-refractivity contribution in [3.8, 4) is 28.0 Å². The summed E-state index contributed by atoms with van der Waals surface area (Å²) in [6.07, 6.45) is 0. The number of rotatable bonds is 7. The highest BCUT2D eigenvalue weighted by molar-refractivity contribution is 7.56. The quantitative estimate of drug-likeness (QED) is 0.284. The molecule has 3 aromatic rings. The molecule has 3 aromatic carbocycles. The minimum absolute atomic E-state index is 0.0686. The molecule has 0 bridgehead atoms. The highest BCUT2D eigenvalue weighted by atomic mass is 31.1. The van der Waals surface area contributed by atoms with Crippen LogP contribution < -0.4 is 4.52 Å². The van der Waals surface area contributed by atoms with Gasteiger partial charge in [-0.3, -0.25) is 0 Å². The molecule has 2 heteroatoms. The molecule has 3 rings (SSSR count). The zero-order chi connectivity index (χ0) is 27.7. The van der Waals surface area contributed by atoms with E-state index in [2.05, 4.69) is 144 Å². The van der Waals surface area contributed by atoms with Gasteiger partial charge in [-0.1, -0.05) is 138 Å². The summed E-state index contributed by atoms with van der Waals surface area (Å²) in [6.45, 7) is 27.9. The lowest BCUT2D eigenvalue weighted by Gasteiger charge is -2.40. The standard InChI is InChI=1S/C35H49OP/c1-23(2)28-22-29(24(3)4)33(31(25(5)6)32(28)26-18-14-13-15-19-26)27-20-16-17-21-30(27)36-37(34(7,8)9)35(10,11)12/h13-25H,1-12H3. The Bertz CT molecular complexity index is 1180. The van der Waals surface area contributed by atoms with Gasteiger partial charge in [-0.2, -0.15) is 0 Å². The largest absolute Gasteiger partial charge is 0.472 e. The fourth-order valence-electron chi connectivity index (χ4n) is 5.59. The average Bonchev–Trinajstić information content (AvgIpc) is 2.80. The topological polar surface area (TPSA) is 9.23 Å². The van der Waals surface area contributed by atoms with E-state index in [0.29, 0.717) is 17.8 Å². The van der Waals surface area contributed by atoms with E-state index in [1.807, 2.05) is 0 Å². The molecule has 0 aliphatic rings. The first-order valence-electron chi connectivity index (χ1n) is 14.0. The minimum atomic E-state index is -0.744. The molecule has 0 fully saturated rings. The summed E-state index contributed by atoms with van der Waals surface area (Å²) in [6, 6.07) is 22.2. The Kier molecular flexibility index (Phi) is 9.01. The molecule has 37 heavy (non-hydrogen) atoms. The summed E-state index contributed by atoms with van der Waals surface area (Å²) in [4.78, 5) is 0. The molecule has 0 aliphatic carbocycles. The molecule has 0 heterocycles. The maximum absolute atomic E-state index is 7.09. The number of hydrogen-bond acceptors (Lipinski definition) is 1. The highest BCUT2D eigenvalue weighted by Gasteiger charge is 2.38. The van der Waals surface area contributed by atoms with Gasteiger partial charge in [0.05, 0.1) is 8.15 Å². The van der Waals surface area contributed by atoms with Crippen LogP contribution in [0.3, 0.4) is 0 Å². The third-order valence-corrected chi connectivity index (χ3v) is 9.69. The Morgan fingerprint density at radius 2 is 1.08 bits per heavy atom. The van der Waals surface area contributed by atoms with Crippen LogP contribution in [0.1, 0.15) is 118 Å². The zero-order valence-corrected chi connectivity index (χ0v) is 26.3. The van der Waals surface area contributed by atoms with Crippen LogP contribution in [0.5, 0.6) is 5.75 Å². The van der Waals surface area contributed by atoms with Crippen LogP contribution in [0.2, 0.25) is 0 Å². The second kappa shape index (κ2) is 11.3. The summed E-state index contributed by atoms with van der Waals surface area (Å²) in [7, 11) is -0.744. The Labute approximate surface area is 228 Å². The molecule has 0 aliphatic heterocycles. The first-order valence-corrected chi connectivity index (χ1v) is 15.2. The normalized spacial score (nSPS) is 12.8. The van der Waals surface area contributed by atoms with Gasteiger partial charge in [-0.25, -0.2) is 0 Å². The summed E-state index contributed by atoms with van der Waals surface area (Å²) in [5.41, 5.74) is 9.58. The van der Waals surface area contributed by atoms with Crippen molar-refractivity contribution in [1.29, 1.82) is 0 Å². The van der Waals surface area contributed by atoms with E-state index in [9.17, 15) is 0 Å². The van der Waals surface area contributed by atoms with Crippen molar-refractivity contribution in [2.24, 2.45) is 0 Å². The lowest BCUT2D eigenvalue weighted by atomic mass is 9.76. The molecule has 0 unspecified atom stereocenters. The van der Waals surface area contributed by atoms with Gasteiger partial charge in [0.1, 0.15) is 5.75 Å². The first-order chi connectivity index (χ1) is 17.1. The van der Waals surface area contributed by atoms with Gasteiger partial charge in [-0.15, -0.1) is 0 Å². The second-order valence-corrected chi connectivity index (χ2v) is 16.7. The average molecular weight is 517 g/mol. The van der Waals surface area contributed by atoms with E-state index in [-0.39, 0.29) is 10.3 Å². The monoisotopic (exact) mass is 516 g/mol. The minimum Gasteiger partial charge on any atom is -0.472 e. The van der Waals surface area contributed by atoms with Crippen molar-refractivity contribution in [2.45, 2.75) is 111 Å². The molecule has 0 N–H and O–H groups in total. The zero-order valence-electron chi connectivity index (χ0n) is 25.4. The summed E-state index contributed by atoms with van der Waals surface area (Å²) >= 11 is 0. The van der Waals surface area contributed by atoms with E-state index >= 15 is 0 Å². The lowest BCUT2D eigenvalue weighted by molar-refractivity contribution is 0.534. The van der Waals surface area contributed by atoms with E-state index in [1.54, 1.807) is 0 Å². The molecule has 1 nitrogen and oxygen atoms in total. The molecule has 0 radical (unpaired) electrons. The Hall–Kier alpha value is -2.11. The molecular formula is C35H49OP. The molecule has 0 saturated carbocycles. The van der Waals surface area contributed by atoms with E-state index in [0.717, 1.165) is 5.75 Å². The first kappa shape index (κ1) is 29.4. The van der Waals surface area contributed by atoms with Gasteiger partial charge < -0.3 is 4.52 Å². The number of para-hydroxylation sites is 1. The maximum atomic E-state index is 7.09. The van der Waals surface area contributed by atoms with Crippen LogP contribution in [-0.4, -0.2) is 10.3 Å². The fourth-order valence-corrected chi connectivity index (χ4v) is 8.51. The Balaban J connectivity index is 2.44. The van der Waals surface area contributed by atoms with Gasteiger partial charge >= 0.3 is 0 Å². The maximum Gasteiger partial charge on any atom is 0.131 e. The van der Waals surface area contributed by atoms with Crippen LogP contribution in [0.15, 0.2) is 60.7 Å². The van der Waals surface area contributed by atoms with E-state index < -0.39 is 8.15 Å². The molecule has 200 valence electrons. The molecule has 0 aromatic heterocycles. The smallest absolute Gasteiger partial charge is 0.131 e. The van der Waals surface area contributed by atoms with Crippen molar-refractivity contribution in [3.05, 3.63) is 77.4 Å². The number of benzene rings is 3. The summed E-state index contributed by atoms with van der Waals surface area (Å²) < 4.78 is 7.09.